The summed E-state index contributed by atoms with van der Waals surface area (Å²) in [6.07, 6.45) is 5.15. The monoisotopic (exact) mass is 337 g/mol. The maximum absolute atomic E-state index is 7.80. The highest BCUT2D eigenvalue weighted by molar-refractivity contribution is 9.10. The van der Waals surface area contributed by atoms with E-state index in [-0.39, 0.29) is 5.84 Å². The van der Waals surface area contributed by atoms with E-state index in [0.29, 0.717) is 12.1 Å². The predicted octanol–water partition coefficient (Wildman–Crippen LogP) is 2.88. The van der Waals surface area contributed by atoms with Gasteiger partial charge in [0.1, 0.15) is 5.84 Å². The van der Waals surface area contributed by atoms with Crippen molar-refractivity contribution in [2.45, 2.75) is 37.8 Å². The van der Waals surface area contributed by atoms with Crippen LogP contribution in [0.5, 0.6) is 0 Å². The van der Waals surface area contributed by atoms with Gasteiger partial charge in [-0.2, -0.15) is 0 Å². The molecule has 1 saturated heterocycles. The summed E-state index contributed by atoms with van der Waals surface area (Å²) in [5.74, 6) is 0.131. The molecule has 0 radical (unpaired) electrons. The number of benzene rings is 1. The van der Waals surface area contributed by atoms with Crippen LogP contribution in [-0.4, -0.2) is 31.1 Å². The Bertz CT molecular complexity index is 518. The van der Waals surface area contributed by atoms with Crippen LogP contribution in [0.3, 0.4) is 0 Å². The van der Waals surface area contributed by atoms with Gasteiger partial charge in [0.15, 0.2) is 0 Å². The average molecular weight is 338 g/mol. The highest BCUT2D eigenvalue weighted by Crippen LogP contribution is 2.34. The zero-order valence-electron chi connectivity index (χ0n) is 11.4. The lowest BCUT2D eigenvalue weighted by Gasteiger charge is -2.45. The van der Waals surface area contributed by atoms with Crippen molar-refractivity contribution in [2.24, 2.45) is 5.73 Å². The number of hydrogen-bond acceptors (Lipinski definition) is 3. The van der Waals surface area contributed by atoms with E-state index in [0.717, 1.165) is 41.7 Å². The van der Waals surface area contributed by atoms with E-state index < -0.39 is 0 Å². The third-order valence-electron chi connectivity index (χ3n) is 4.29. The second kappa shape index (κ2) is 5.74. The number of hydrogen-bond donors (Lipinski definition) is 2. The molecule has 2 unspecified atom stereocenters. The van der Waals surface area contributed by atoms with Gasteiger partial charge in [0.2, 0.25) is 0 Å². The zero-order chi connectivity index (χ0) is 14.1. The minimum absolute atomic E-state index is 0.131. The lowest BCUT2D eigenvalue weighted by atomic mass is 9.89. The molecule has 3 rings (SSSR count). The topological polar surface area (TPSA) is 62.3 Å². The van der Waals surface area contributed by atoms with Crippen LogP contribution < -0.4 is 10.6 Å². The number of fused-ring (bicyclic) bond motifs is 1. The van der Waals surface area contributed by atoms with Crippen LogP contribution in [0.2, 0.25) is 0 Å². The van der Waals surface area contributed by atoms with E-state index in [9.17, 15) is 0 Å². The van der Waals surface area contributed by atoms with Crippen molar-refractivity contribution < 1.29 is 4.74 Å². The first kappa shape index (κ1) is 13.9. The number of halogens is 1. The molecule has 1 aromatic carbocycles. The zero-order valence-corrected chi connectivity index (χ0v) is 13.0. The van der Waals surface area contributed by atoms with Gasteiger partial charge in [-0.1, -0.05) is 28.8 Å². The largest absolute Gasteiger partial charge is 0.384 e. The van der Waals surface area contributed by atoms with Gasteiger partial charge in [-0.25, -0.2) is 0 Å². The number of nitrogens with one attached hydrogen (secondary N) is 1. The summed E-state index contributed by atoms with van der Waals surface area (Å²) < 4.78 is 6.95. The minimum atomic E-state index is 0.131. The number of nitrogen functional groups attached to an aromatic ring is 1. The summed E-state index contributed by atoms with van der Waals surface area (Å²) in [4.78, 5) is 2.40. The molecule has 108 valence electrons. The number of nitrogens with zero attached hydrogens (tertiary/aromatic N) is 1. The van der Waals surface area contributed by atoms with E-state index in [4.69, 9.17) is 15.9 Å². The first-order valence-corrected chi connectivity index (χ1v) is 7.98. The Morgan fingerprint density at radius 2 is 2.15 bits per heavy atom. The average Bonchev–Trinajstić information content (AvgIpc) is 2.46. The molecule has 1 aliphatic heterocycles. The summed E-state index contributed by atoms with van der Waals surface area (Å²) >= 11 is 3.53. The van der Waals surface area contributed by atoms with Gasteiger partial charge < -0.3 is 15.4 Å². The van der Waals surface area contributed by atoms with Crippen LogP contribution in [0.1, 0.15) is 31.2 Å². The first-order chi connectivity index (χ1) is 9.66. The van der Waals surface area contributed by atoms with Crippen molar-refractivity contribution in [2.75, 3.05) is 18.1 Å². The van der Waals surface area contributed by atoms with Gasteiger partial charge in [0.25, 0.3) is 0 Å². The number of rotatable bonds is 2. The van der Waals surface area contributed by atoms with Crippen LogP contribution in [0.25, 0.3) is 0 Å². The molecule has 0 aromatic heterocycles. The molecule has 0 amide bonds. The van der Waals surface area contributed by atoms with Crippen LogP contribution in [0.4, 0.5) is 5.69 Å². The standard InChI is InChI=1S/C15H20BrN3O/c16-10-5-6-11(15(17)18)13(9-10)19-7-8-20-14-4-2-1-3-12(14)19/h5-6,9,12,14H,1-4,7-8H2,(H3,17,18). The Morgan fingerprint density at radius 3 is 2.95 bits per heavy atom. The number of nitrogens with two attached hydrogens (primary N) is 1. The first-order valence-electron chi connectivity index (χ1n) is 7.19. The van der Waals surface area contributed by atoms with E-state index >= 15 is 0 Å². The Kier molecular flexibility index (Phi) is 3.98. The Labute approximate surface area is 127 Å². The van der Waals surface area contributed by atoms with Crippen molar-refractivity contribution in [1.82, 2.24) is 0 Å². The van der Waals surface area contributed by atoms with Crippen molar-refractivity contribution in [3.8, 4) is 0 Å². The number of anilines is 1. The molecular weight excluding hydrogens is 318 g/mol. The highest BCUT2D eigenvalue weighted by Gasteiger charge is 2.35. The molecule has 2 fully saturated rings. The van der Waals surface area contributed by atoms with Gasteiger partial charge in [0, 0.05) is 22.3 Å². The fourth-order valence-corrected chi connectivity index (χ4v) is 3.71. The van der Waals surface area contributed by atoms with E-state index in [1.165, 1.54) is 12.8 Å². The summed E-state index contributed by atoms with van der Waals surface area (Å²) in [7, 11) is 0. The summed E-state index contributed by atoms with van der Waals surface area (Å²) in [6.45, 7) is 1.63. The minimum Gasteiger partial charge on any atom is -0.384 e. The molecule has 4 nitrogen and oxygen atoms in total. The Morgan fingerprint density at radius 1 is 1.35 bits per heavy atom. The van der Waals surface area contributed by atoms with Crippen molar-refractivity contribution in [1.29, 1.82) is 5.41 Å². The fraction of sp³-hybridized carbons (Fsp3) is 0.533. The van der Waals surface area contributed by atoms with Gasteiger partial charge in [-0.05, 0) is 31.0 Å². The fourth-order valence-electron chi connectivity index (χ4n) is 3.37. The van der Waals surface area contributed by atoms with Crippen LogP contribution in [0, 0.1) is 5.41 Å². The molecule has 5 heteroatoms. The lowest BCUT2D eigenvalue weighted by Crippen LogP contribution is -2.53. The van der Waals surface area contributed by atoms with Crippen LogP contribution >= 0.6 is 15.9 Å². The predicted molar refractivity (Wildman–Crippen MR) is 84.5 cm³/mol. The second-order valence-corrected chi connectivity index (χ2v) is 6.45. The maximum Gasteiger partial charge on any atom is 0.124 e. The molecule has 3 N–H and O–H groups in total. The smallest absolute Gasteiger partial charge is 0.124 e. The molecular formula is C15H20BrN3O. The van der Waals surface area contributed by atoms with Crippen molar-refractivity contribution >= 4 is 27.5 Å². The van der Waals surface area contributed by atoms with Gasteiger partial charge in [-0.3, -0.25) is 5.41 Å². The Hall–Kier alpha value is -1.07. The van der Waals surface area contributed by atoms with E-state index in [1.54, 1.807) is 0 Å². The molecule has 0 spiro atoms. The number of morpholine rings is 1. The van der Waals surface area contributed by atoms with Crippen molar-refractivity contribution in [3.05, 3.63) is 28.2 Å². The SMILES string of the molecule is N=C(N)c1ccc(Br)cc1N1CCOC2CCCCC21. The van der Waals surface area contributed by atoms with Crippen LogP contribution in [-0.2, 0) is 4.74 Å². The third kappa shape index (κ3) is 2.56. The maximum atomic E-state index is 7.80. The molecule has 0 bridgehead atoms. The number of ether oxygens (including phenoxy) is 1. The van der Waals surface area contributed by atoms with E-state index in [2.05, 4.69) is 26.9 Å². The normalized spacial score (nSPS) is 26.1. The van der Waals surface area contributed by atoms with Crippen LogP contribution in [0.15, 0.2) is 22.7 Å². The summed E-state index contributed by atoms with van der Waals surface area (Å²) in [5.41, 5.74) is 7.63. The molecule has 1 saturated carbocycles. The molecule has 20 heavy (non-hydrogen) atoms. The highest BCUT2D eigenvalue weighted by atomic mass is 79.9. The number of amidine groups is 1. The third-order valence-corrected chi connectivity index (χ3v) is 4.78. The molecule has 2 atom stereocenters. The quantitative estimate of drug-likeness (QED) is 0.644. The van der Waals surface area contributed by atoms with E-state index in [1.807, 2.05) is 12.1 Å². The molecule has 1 aliphatic carbocycles. The van der Waals surface area contributed by atoms with Gasteiger partial charge >= 0.3 is 0 Å². The summed E-state index contributed by atoms with van der Waals surface area (Å²) in [5, 5.41) is 7.80. The molecule has 1 aromatic rings. The van der Waals surface area contributed by atoms with Gasteiger partial charge in [-0.15, -0.1) is 0 Å². The second-order valence-electron chi connectivity index (χ2n) is 5.53. The van der Waals surface area contributed by atoms with Crippen molar-refractivity contribution in [3.63, 3.8) is 0 Å². The Balaban J connectivity index is 1.98. The molecule has 2 aliphatic rings. The summed E-state index contributed by atoms with van der Waals surface area (Å²) in [6, 6.07) is 6.37. The lowest BCUT2D eigenvalue weighted by molar-refractivity contribution is -0.00869. The van der Waals surface area contributed by atoms with Gasteiger partial charge in [0.05, 0.1) is 18.8 Å². The molecule has 1 heterocycles.